The van der Waals surface area contributed by atoms with Crippen LogP contribution in [-0.2, 0) is 17.1 Å². The van der Waals surface area contributed by atoms with E-state index < -0.39 is 0 Å². The van der Waals surface area contributed by atoms with Crippen LogP contribution < -0.4 is 4.16 Å². The first-order valence-corrected chi connectivity index (χ1v) is 8.67. The second-order valence-electron chi connectivity index (χ2n) is 3.23. The number of halogens is 1. The minimum atomic E-state index is -0.379. The molecule has 0 saturated heterocycles. The molecular weight excluding hydrogens is 265 g/mol. The van der Waals surface area contributed by atoms with Gasteiger partial charge < -0.3 is 0 Å². The third-order valence-corrected chi connectivity index (χ3v) is 6.02. The Kier molecular flexibility index (Phi) is 5.28. The summed E-state index contributed by atoms with van der Waals surface area (Å²) in [4.78, 5) is 0. The molecule has 0 unspecified atom stereocenters. The summed E-state index contributed by atoms with van der Waals surface area (Å²) in [6, 6.07) is 4.61. The molecule has 2 heteroatoms. The number of hydrogen-bond donors (Lipinski definition) is 0. The van der Waals surface area contributed by atoms with E-state index in [1.54, 1.807) is 4.16 Å². The van der Waals surface area contributed by atoms with Gasteiger partial charge in [-0.15, -0.1) is 17.0 Å². The van der Waals surface area contributed by atoms with Gasteiger partial charge in [0.05, 0.1) is 0 Å². The zero-order valence-electron chi connectivity index (χ0n) is 8.27. The van der Waals surface area contributed by atoms with Crippen molar-refractivity contribution >= 4 is 21.1 Å². The van der Waals surface area contributed by atoms with Crippen LogP contribution in [-0.4, -0.2) is 0 Å². The van der Waals surface area contributed by atoms with Crippen molar-refractivity contribution in [1.29, 1.82) is 0 Å². The molecule has 0 bridgehead atoms. The molecule has 0 nitrogen and oxygen atoms in total. The molecule has 0 saturated carbocycles. The first-order valence-electron chi connectivity index (χ1n) is 4.22. The van der Waals surface area contributed by atoms with Crippen molar-refractivity contribution in [1.82, 2.24) is 0 Å². The van der Waals surface area contributed by atoms with Crippen molar-refractivity contribution in [3.8, 4) is 0 Å². The second kappa shape index (κ2) is 5.14. The third-order valence-electron chi connectivity index (χ3n) is 2.19. The average Bonchev–Trinajstić information content (AvgIpc) is 1.85. The monoisotopic (exact) mass is 278 g/mol. The second-order valence-corrected chi connectivity index (χ2v) is 6.20. The van der Waals surface area contributed by atoms with Gasteiger partial charge in [-0.3, -0.25) is 0 Å². The van der Waals surface area contributed by atoms with E-state index in [1.165, 1.54) is 16.7 Å². The summed E-state index contributed by atoms with van der Waals surface area (Å²) in [6.07, 6.45) is 0. The van der Waals surface area contributed by atoms with Crippen LogP contribution in [0.4, 0.5) is 0 Å². The summed E-state index contributed by atoms with van der Waals surface area (Å²) >= 11 is -0.379. The third kappa shape index (κ3) is 2.67. The molecule has 0 N–H and O–H groups in total. The van der Waals surface area contributed by atoms with Crippen LogP contribution in [0.5, 0.6) is 0 Å². The summed E-state index contributed by atoms with van der Waals surface area (Å²) in [5, 5.41) is 0. The summed E-state index contributed by atoms with van der Waals surface area (Å²) in [5.74, 6) is 0. The molecule has 1 aromatic carbocycles. The number of rotatable bonds is 1. The van der Waals surface area contributed by atoms with E-state index in [0.29, 0.717) is 0 Å². The van der Waals surface area contributed by atoms with Gasteiger partial charge in [-0.1, -0.05) is 0 Å². The van der Waals surface area contributed by atoms with Crippen molar-refractivity contribution in [3.05, 3.63) is 28.8 Å². The van der Waals surface area contributed by atoms with Crippen LogP contribution in [0.1, 0.15) is 16.7 Å². The van der Waals surface area contributed by atoms with Crippen LogP contribution in [0.25, 0.3) is 0 Å². The first kappa shape index (κ1) is 12.3. The molecule has 0 aliphatic carbocycles. The summed E-state index contributed by atoms with van der Waals surface area (Å²) in [7, 11) is 0. The van der Waals surface area contributed by atoms with Crippen molar-refractivity contribution in [2.45, 2.75) is 26.3 Å². The van der Waals surface area contributed by atoms with E-state index in [2.05, 4.69) is 38.4 Å². The Morgan fingerprint density at radius 2 is 1.42 bits per heavy atom. The maximum atomic E-state index is 2.40. The van der Waals surface area contributed by atoms with Gasteiger partial charge in [-0.2, -0.15) is 0 Å². The molecule has 0 aliphatic rings. The molecule has 0 amide bonds. The van der Waals surface area contributed by atoms with Crippen molar-refractivity contribution in [2.75, 3.05) is 0 Å². The molecule has 0 aliphatic heterocycles. The van der Waals surface area contributed by atoms with E-state index in [9.17, 15) is 0 Å². The topological polar surface area (TPSA) is 0 Å². The molecule has 0 radical (unpaired) electrons. The van der Waals surface area contributed by atoms with Gasteiger partial charge in [0.15, 0.2) is 0 Å². The fraction of sp³-hybridized carbons (Fsp3) is 0.400. The number of hydrogen-bond acceptors (Lipinski definition) is 0. The molecule has 0 spiro atoms. The van der Waals surface area contributed by atoms with Crippen LogP contribution in [0, 0.1) is 20.8 Å². The molecule has 12 heavy (non-hydrogen) atoms. The molecule has 0 atom stereocenters. The van der Waals surface area contributed by atoms with Crippen LogP contribution in [0.3, 0.4) is 0 Å². The van der Waals surface area contributed by atoms with Gasteiger partial charge in [0.25, 0.3) is 0 Å². The van der Waals surface area contributed by atoms with Gasteiger partial charge in [0.2, 0.25) is 0 Å². The van der Waals surface area contributed by atoms with E-state index in [0.717, 1.165) is 0 Å². The summed E-state index contributed by atoms with van der Waals surface area (Å²) < 4.78 is 1.70. The summed E-state index contributed by atoms with van der Waals surface area (Å²) in [5.41, 5.74) is 6.84. The SMILES string of the molecule is Br.[CH3][Zn][c]1c(C)cc(C)cc1C. The predicted molar refractivity (Wildman–Crippen MR) is 56.5 cm³/mol. The molecule has 0 fully saturated rings. The van der Waals surface area contributed by atoms with Crippen LogP contribution in [0.15, 0.2) is 12.1 Å². The first-order chi connectivity index (χ1) is 5.15. The predicted octanol–water partition coefficient (Wildman–Crippen LogP) is 2.95. The van der Waals surface area contributed by atoms with Gasteiger partial charge in [-0.25, -0.2) is 0 Å². The molecule has 1 rings (SSSR count). The van der Waals surface area contributed by atoms with Gasteiger partial charge in [-0.05, 0) is 0 Å². The van der Waals surface area contributed by atoms with Crippen molar-refractivity contribution in [3.63, 3.8) is 0 Å². The molecule has 0 aromatic heterocycles. The Bertz CT molecular complexity index is 246. The fourth-order valence-electron chi connectivity index (χ4n) is 1.77. The minimum absolute atomic E-state index is 0. The van der Waals surface area contributed by atoms with Crippen LogP contribution in [0.2, 0.25) is 5.52 Å². The number of aryl methyl sites for hydroxylation is 3. The van der Waals surface area contributed by atoms with Crippen molar-refractivity contribution in [2.24, 2.45) is 0 Å². The quantitative estimate of drug-likeness (QED) is 0.694. The standard InChI is InChI=1S/C9H11.CH3.BrH.Zn/c1-7-4-8(2)6-9(3)5-7;;;/h4-5H,1-3H3;1H3;1H;. The zero-order chi connectivity index (χ0) is 8.43. The van der Waals surface area contributed by atoms with E-state index >= 15 is 0 Å². The molecule has 0 heterocycles. The zero-order valence-corrected chi connectivity index (χ0v) is 13.0. The van der Waals surface area contributed by atoms with Gasteiger partial charge in [0, 0.05) is 0 Å². The Hall–Kier alpha value is 0.323. The molecular formula is C10H15BrZn. The Morgan fingerprint density at radius 3 is 1.75 bits per heavy atom. The molecule has 1 aromatic rings. The van der Waals surface area contributed by atoms with E-state index in [4.69, 9.17) is 0 Å². The van der Waals surface area contributed by atoms with Gasteiger partial charge in [0.1, 0.15) is 0 Å². The average molecular weight is 281 g/mol. The number of benzene rings is 1. The summed E-state index contributed by atoms with van der Waals surface area (Å²) in [6.45, 7) is 6.65. The van der Waals surface area contributed by atoms with Crippen molar-refractivity contribution < 1.29 is 17.1 Å². The Balaban J connectivity index is 0.00000121. The van der Waals surface area contributed by atoms with Crippen LogP contribution >= 0.6 is 17.0 Å². The Labute approximate surface area is 93.1 Å². The maximum absolute atomic E-state index is 2.40. The molecule has 64 valence electrons. The van der Waals surface area contributed by atoms with E-state index in [1.807, 2.05) is 0 Å². The fourth-order valence-corrected chi connectivity index (χ4v) is 4.54. The van der Waals surface area contributed by atoms with E-state index in [-0.39, 0.29) is 34.1 Å². The normalized spacial score (nSPS) is 8.67. The van der Waals surface area contributed by atoms with Gasteiger partial charge >= 0.3 is 76.4 Å². The Morgan fingerprint density at radius 1 is 1.00 bits per heavy atom.